The van der Waals surface area contributed by atoms with Gasteiger partial charge in [0.05, 0.1) is 6.54 Å². The Labute approximate surface area is 188 Å². The minimum absolute atomic E-state index is 0.0820. The Bertz CT molecular complexity index is 1120. The molecule has 0 radical (unpaired) electrons. The molecule has 0 atom stereocenters. The average molecular weight is 437 g/mol. The number of aromatic nitrogens is 2. The van der Waals surface area contributed by atoms with Crippen LogP contribution in [-0.4, -0.2) is 61.5 Å². The topological polar surface area (TPSA) is 65.9 Å². The van der Waals surface area contributed by atoms with E-state index >= 15 is 4.39 Å². The van der Waals surface area contributed by atoms with Gasteiger partial charge >= 0.3 is 6.01 Å². The highest BCUT2D eigenvalue weighted by molar-refractivity contribution is 6.05. The van der Waals surface area contributed by atoms with Gasteiger partial charge in [-0.15, -0.1) is 0 Å². The number of likely N-dealkylation sites (N-methyl/N-ethyl adjacent to an activating group) is 2. The first-order valence-electron chi connectivity index (χ1n) is 10.7. The number of hydrogen-bond acceptors (Lipinski definition) is 7. The maximum Gasteiger partial charge on any atom is 0.326 e. The number of allylic oxidation sites excluding steroid dienone is 1. The van der Waals surface area contributed by atoms with Crippen molar-refractivity contribution in [2.24, 2.45) is 4.99 Å². The highest BCUT2D eigenvalue weighted by atomic mass is 19.1. The minimum atomic E-state index is -0.387. The van der Waals surface area contributed by atoms with Crippen molar-refractivity contribution >= 4 is 23.5 Å². The zero-order chi connectivity index (χ0) is 22.8. The van der Waals surface area contributed by atoms with E-state index < -0.39 is 0 Å². The SMILES string of the molecule is CC1=CC(Nc2cc(N(C)CCN(C)C)nc(Oc3ccc4c(c3F)C=C(C)C4)n2)=NC1. The van der Waals surface area contributed by atoms with Crippen LogP contribution in [0.25, 0.3) is 6.08 Å². The van der Waals surface area contributed by atoms with Gasteiger partial charge in [-0.1, -0.05) is 17.7 Å². The van der Waals surface area contributed by atoms with Crippen LogP contribution >= 0.6 is 0 Å². The van der Waals surface area contributed by atoms with Gasteiger partial charge in [0.25, 0.3) is 0 Å². The smallest absolute Gasteiger partial charge is 0.326 e. The second-order valence-electron chi connectivity index (χ2n) is 8.66. The zero-order valence-corrected chi connectivity index (χ0v) is 19.2. The van der Waals surface area contributed by atoms with Crippen molar-refractivity contribution in [2.45, 2.75) is 20.3 Å². The third kappa shape index (κ3) is 4.96. The molecule has 32 heavy (non-hydrogen) atoms. The molecule has 4 rings (SSSR count). The summed E-state index contributed by atoms with van der Waals surface area (Å²) in [5.41, 5.74) is 3.85. The van der Waals surface area contributed by atoms with E-state index in [9.17, 15) is 0 Å². The van der Waals surface area contributed by atoms with Gasteiger partial charge in [-0.2, -0.15) is 9.97 Å². The van der Waals surface area contributed by atoms with Crippen molar-refractivity contribution in [3.05, 3.63) is 52.4 Å². The molecule has 1 N–H and O–H groups in total. The molecule has 2 aliphatic rings. The van der Waals surface area contributed by atoms with E-state index in [-0.39, 0.29) is 17.6 Å². The van der Waals surface area contributed by atoms with Gasteiger partial charge < -0.3 is 19.9 Å². The second kappa shape index (κ2) is 9.08. The van der Waals surface area contributed by atoms with E-state index in [1.54, 1.807) is 6.07 Å². The lowest BCUT2D eigenvalue weighted by atomic mass is 10.1. The molecule has 0 saturated heterocycles. The van der Waals surface area contributed by atoms with Crippen LogP contribution in [0.3, 0.4) is 0 Å². The molecule has 8 heteroatoms. The van der Waals surface area contributed by atoms with Gasteiger partial charge in [0.1, 0.15) is 17.5 Å². The molecule has 0 fully saturated rings. The van der Waals surface area contributed by atoms with Crippen molar-refractivity contribution in [1.29, 1.82) is 0 Å². The highest BCUT2D eigenvalue weighted by Gasteiger charge is 2.20. The summed E-state index contributed by atoms with van der Waals surface area (Å²) >= 11 is 0. The molecular formula is C24H29FN6O. The monoisotopic (exact) mass is 436 g/mol. The number of amidine groups is 1. The van der Waals surface area contributed by atoms with E-state index in [4.69, 9.17) is 4.74 Å². The molecule has 1 aromatic heterocycles. The third-order valence-electron chi connectivity index (χ3n) is 5.40. The predicted molar refractivity (Wildman–Crippen MR) is 127 cm³/mol. The largest absolute Gasteiger partial charge is 0.421 e. The number of aliphatic imine (C=N–C) groups is 1. The summed E-state index contributed by atoms with van der Waals surface area (Å²) in [5, 5.41) is 3.22. The van der Waals surface area contributed by atoms with Gasteiger partial charge in [-0.05, 0) is 57.6 Å². The average Bonchev–Trinajstić information content (AvgIpc) is 3.33. The van der Waals surface area contributed by atoms with Crippen molar-refractivity contribution < 1.29 is 9.13 Å². The van der Waals surface area contributed by atoms with Gasteiger partial charge in [0, 0.05) is 31.8 Å². The van der Waals surface area contributed by atoms with Gasteiger partial charge in [0.2, 0.25) is 0 Å². The number of benzene rings is 1. The first-order chi connectivity index (χ1) is 15.3. The molecule has 168 valence electrons. The first kappa shape index (κ1) is 22.0. The quantitative estimate of drug-likeness (QED) is 0.704. The molecule has 0 spiro atoms. The number of halogens is 1. The zero-order valence-electron chi connectivity index (χ0n) is 19.2. The normalized spacial score (nSPS) is 14.8. The molecule has 0 saturated carbocycles. The lowest BCUT2D eigenvalue weighted by Crippen LogP contribution is -2.29. The number of hydrogen-bond donors (Lipinski definition) is 1. The Kier molecular flexibility index (Phi) is 6.23. The predicted octanol–water partition coefficient (Wildman–Crippen LogP) is 4.14. The summed E-state index contributed by atoms with van der Waals surface area (Å²) in [6, 6.07) is 5.47. The van der Waals surface area contributed by atoms with Crippen LogP contribution in [0, 0.1) is 5.82 Å². The van der Waals surface area contributed by atoms with E-state index in [1.165, 1.54) is 5.57 Å². The Morgan fingerprint density at radius 3 is 2.59 bits per heavy atom. The first-order valence-corrected chi connectivity index (χ1v) is 10.7. The summed E-state index contributed by atoms with van der Waals surface area (Å²) in [6.07, 6.45) is 4.61. The maximum absolute atomic E-state index is 15.1. The molecule has 0 unspecified atom stereocenters. The van der Waals surface area contributed by atoms with Crippen LogP contribution in [0.15, 0.2) is 40.4 Å². The van der Waals surface area contributed by atoms with Crippen LogP contribution < -0.4 is 15.0 Å². The molecule has 0 amide bonds. The van der Waals surface area contributed by atoms with E-state index in [0.717, 1.165) is 36.5 Å². The van der Waals surface area contributed by atoms with Crippen LogP contribution in [-0.2, 0) is 6.42 Å². The number of nitrogens with one attached hydrogen (secondary N) is 1. The number of fused-ring (bicyclic) bond motifs is 1. The molecule has 1 aliphatic heterocycles. The van der Waals surface area contributed by atoms with Gasteiger partial charge in [-0.25, -0.2) is 4.39 Å². The van der Waals surface area contributed by atoms with E-state index in [2.05, 4.69) is 25.2 Å². The van der Waals surface area contributed by atoms with Crippen molar-refractivity contribution in [3.8, 4) is 11.8 Å². The Hall–Kier alpha value is -3.26. The van der Waals surface area contributed by atoms with Crippen molar-refractivity contribution in [2.75, 3.05) is 51.0 Å². The van der Waals surface area contributed by atoms with Crippen LogP contribution in [0.4, 0.5) is 16.0 Å². The molecule has 7 nitrogen and oxygen atoms in total. The molecule has 1 aromatic carbocycles. The summed E-state index contributed by atoms with van der Waals surface area (Å²) in [4.78, 5) is 17.6. The fraction of sp³-hybridized carbons (Fsp3) is 0.375. The molecule has 0 bridgehead atoms. The Balaban J connectivity index is 1.64. The number of rotatable bonds is 7. The molecule has 1 aliphatic carbocycles. The van der Waals surface area contributed by atoms with Crippen molar-refractivity contribution in [3.63, 3.8) is 0 Å². The van der Waals surface area contributed by atoms with Gasteiger partial charge in [-0.3, -0.25) is 4.99 Å². The number of ether oxygens (including phenoxy) is 1. The van der Waals surface area contributed by atoms with Crippen LogP contribution in [0.2, 0.25) is 0 Å². The van der Waals surface area contributed by atoms with Crippen molar-refractivity contribution in [1.82, 2.24) is 14.9 Å². The summed E-state index contributed by atoms with van der Waals surface area (Å²) in [7, 11) is 6.00. The highest BCUT2D eigenvalue weighted by Crippen LogP contribution is 2.34. The lowest BCUT2D eigenvalue weighted by Gasteiger charge is -2.21. The summed E-state index contributed by atoms with van der Waals surface area (Å²) in [6.45, 7) is 6.31. The molecule has 2 heterocycles. The Morgan fingerprint density at radius 1 is 1.06 bits per heavy atom. The second-order valence-corrected chi connectivity index (χ2v) is 8.66. The van der Waals surface area contributed by atoms with E-state index in [0.29, 0.717) is 23.7 Å². The maximum atomic E-state index is 15.1. The summed E-state index contributed by atoms with van der Waals surface area (Å²) in [5.74, 6) is 1.68. The Morgan fingerprint density at radius 2 is 1.88 bits per heavy atom. The third-order valence-corrected chi connectivity index (χ3v) is 5.40. The number of anilines is 2. The number of nitrogens with zero attached hydrogens (tertiary/aromatic N) is 5. The lowest BCUT2D eigenvalue weighted by molar-refractivity contribution is 0.407. The van der Waals surface area contributed by atoms with E-state index in [1.807, 2.05) is 64.2 Å². The summed E-state index contributed by atoms with van der Waals surface area (Å²) < 4.78 is 20.9. The van der Waals surface area contributed by atoms with Gasteiger partial charge in [0.15, 0.2) is 11.6 Å². The van der Waals surface area contributed by atoms with Crippen LogP contribution in [0.1, 0.15) is 25.0 Å². The molecule has 2 aromatic rings. The fourth-order valence-electron chi connectivity index (χ4n) is 3.62. The molecular weight excluding hydrogens is 407 g/mol. The van der Waals surface area contributed by atoms with Crippen LogP contribution in [0.5, 0.6) is 11.8 Å². The minimum Gasteiger partial charge on any atom is -0.421 e. The standard InChI is InChI=1S/C24H29FN6O/c1-15-10-17-6-7-19(23(25)18(17)11-15)32-24-28-21(27-20-12-16(2)14-26-20)13-22(29-24)31(5)9-8-30(3)4/h6-7,11-13H,8-10,14H2,1-5H3,(H,26,27,28,29). The fourth-order valence-corrected chi connectivity index (χ4v) is 3.62.